The number of ether oxygens (including phenoxy) is 2. The van der Waals surface area contributed by atoms with Crippen LogP contribution in [0, 0.1) is 0 Å². The standard InChI is InChI=1S/C22H23F2N3O4/c1-2-29-17-9-5-16(6-10-17)21-26-20(31-27-21)12-11-19(28)25-14-13-15-3-7-18(8-4-15)30-22(23)24/h3-10,22H,2,11-14H2,1H3,(H,25,28). The summed E-state index contributed by atoms with van der Waals surface area (Å²) in [5, 5.41) is 6.76. The molecule has 0 spiro atoms. The number of aryl methyl sites for hydroxylation is 1. The SMILES string of the molecule is CCOc1ccc(-c2noc(CCC(=O)NCCc3ccc(OC(F)F)cc3)n2)cc1. The molecule has 9 heteroatoms. The molecule has 0 fully saturated rings. The zero-order chi connectivity index (χ0) is 22.1. The Bertz CT molecular complexity index is 960. The topological polar surface area (TPSA) is 86.5 Å². The highest BCUT2D eigenvalue weighted by atomic mass is 19.3. The molecule has 0 saturated heterocycles. The summed E-state index contributed by atoms with van der Waals surface area (Å²) in [4.78, 5) is 16.4. The van der Waals surface area contributed by atoms with Crippen molar-refractivity contribution in [3.8, 4) is 22.9 Å². The molecule has 0 aliphatic carbocycles. The van der Waals surface area contributed by atoms with Crippen LogP contribution >= 0.6 is 0 Å². The largest absolute Gasteiger partial charge is 0.494 e. The minimum absolute atomic E-state index is 0.104. The summed E-state index contributed by atoms with van der Waals surface area (Å²) in [5.74, 6) is 1.57. The lowest BCUT2D eigenvalue weighted by atomic mass is 10.1. The van der Waals surface area contributed by atoms with Gasteiger partial charge in [0.2, 0.25) is 17.6 Å². The van der Waals surface area contributed by atoms with Crippen LogP contribution in [0.3, 0.4) is 0 Å². The maximum atomic E-state index is 12.1. The Hall–Kier alpha value is -3.49. The van der Waals surface area contributed by atoms with E-state index in [0.29, 0.717) is 37.7 Å². The second-order valence-electron chi connectivity index (χ2n) is 6.59. The smallest absolute Gasteiger partial charge is 0.387 e. The lowest BCUT2D eigenvalue weighted by Crippen LogP contribution is -2.25. The average molecular weight is 431 g/mol. The summed E-state index contributed by atoms with van der Waals surface area (Å²) in [6.07, 6.45) is 1.12. The number of nitrogens with one attached hydrogen (secondary N) is 1. The van der Waals surface area contributed by atoms with Gasteiger partial charge < -0.3 is 19.3 Å². The summed E-state index contributed by atoms with van der Waals surface area (Å²) in [7, 11) is 0. The summed E-state index contributed by atoms with van der Waals surface area (Å²) in [6, 6.07) is 13.7. The molecule has 0 bridgehead atoms. The van der Waals surface area contributed by atoms with E-state index in [1.54, 1.807) is 12.1 Å². The van der Waals surface area contributed by atoms with Crippen LogP contribution in [0.15, 0.2) is 53.1 Å². The number of aromatic nitrogens is 2. The molecule has 1 N–H and O–H groups in total. The molecule has 2 aromatic carbocycles. The van der Waals surface area contributed by atoms with Gasteiger partial charge in [0.25, 0.3) is 0 Å². The molecule has 0 unspecified atom stereocenters. The van der Waals surface area contributed by atoms with Crippen LogP contribution in [0.5, 0.6) is 11.5 Å². The van der Waals surface area contributed by atoms with Crippen molar-refractivity contribution in [2.75, 3.05) is 13.2 Å². The second-order valence-corrected chi connectivity index (χ2v) is 6.59. The summed E-state index contributed by atoms with van der Waals surface area (Å²) in [6.45, 7) is 0.0908. The molecular formula is C22H23F2N3O4. The number of alkyl halides is 2. The number of halogens is 2. The van der Waals surface area contributed by atoms with Crippen LogP contribution in [0.1, 0.15) is 24.8 Å². The van der Waals surface area contributed by atoms with Gasteiger partial charge >= 0.3 is 6.61 Å². The fourth-order valence-electron chi connectivity index (χ4n) is 2.83. The molecule has 1 heterocycles. The van der Waals surface area contributed by atoms with Crippen molar-refractivity contribution in [1.29, 1.82) is 0 Å². The molecular weight excluding hydrogens is 408 g/mol. The normalized spacial score (nSPS) is 10.8. The minimum Gasteiger partial charge on any atom is -0.494 e. The van der Waals surface area contributed by atoms with Crippen molar-refractivity contribution in [2.45, 2.75) is 32.8 Å². The first-order valence-corrected chi connectivity index (χ1v) is 9.89. The Morgan fingerprint density at radius 1 is 1.06 bits per heavy atom. The van der Waals surface area contributed by atoms with Crippen molar-refractivity contribution >= 4 is 5.91 Å². The van der Waals surface area contributed by atoms with Gasteiger partial charge in [-0.2, -0.15) is 13.8 Å². The third-order valence-corrected chi connectivity index (χ3v) is 4.34. The van der Waals surface area contributed by atoms with Crippen LogP contribution < -0.4 is 14.8 Å². The molecule has 164 valence electrons. The van der Waals surface area contributed by atoms with Crippen molar-refractivity contribution in [2.24, 2.45) is 0 Å². The van der Waals surface area contributed by atoms with Gasteiger partial charge in [-0.1, -0.05) is 17.3 Å². The van der Waals surface area contributed by atoms with Gasteiger partial charge in [0.1, 0.15) is 11.5 Å². The number of nitrogens with zero attached hydrogens (tertiary/aromatic N) is 2. The quantitative estimate of drug-likeness (QED) is 0.493. The van der Waals surface area contributed by atoms with Gasteiger partial charge in [-0.3, -0.25) is 4.79 Å². The Morgan fingerprint density at radius 3 is 2.45 bits per heavy atom. The molecule has 31 heavy (non-hydrogen) atoms. The molecule has 0 atom stereocenters. The van der Waals surface area contributed by atoms with Crippen LogP contribution in [-0.4, -0.2) is 35.8 Å². The molecule has 1 amide bonds. The molecule has 3 aromatic rings. The van der Waals surface area contributed by atoms with Gasteiger partial charge in [0.05, 0.1) is 6.61 Å². The number of hydrogen-bond acceptors (Lipinski definition) is 6. The number of rotatable bonds is 11. The van der Waals surface area contributed by atoms with E-state index in [0.717, 1.165) is 16.9 Å². The van der Waals surface area contributed by atoms with Crippen molar-refractivity contribution in [3.05, 3.63) is 60.0 Å². The van der Waals surface area contributed by atoms with Crippen molar-refractivity contribution in [1.82, 2.24) is 15.5 Å². The van der Waals surface area contributed by atoms with Crippen LogP contribution in [0.2, 0.25) is 0 Å². The number of hydrogen-bond donors (Lipinski definition) is 1. The molecule has 1 aromatic heterocycles. The van der Waals surface area contributed by atoms with Crippen LogP contribution in [-0.2, 0) is 17.6 Å². The Balaban J connectivity index is 1.40. The van der Waals surface area contributed by atoms with E-state index >= 15 is 0 Å². The molecule has 0 radical (unpaired) electrons. The van der Waals surface area contributed by atoms with Gasteiger partial charge in [0.15, 0.2) is 0 Å². The highest BCUT2D eigenvalue weighted by Gasteiger charge is 2.11. The third kappa shape index (κ3) is 7.06. The highest BCUT2D eigenvalue weighted by Crippen LogP contribution is 2.20. The van der Waals surface area contributed by atoms with Crippen molar-refractivity contribution in [3.63, 3.8) is 0 Å². The minimum atomic E-state index is -2.85. The number of amides is 1. The summed E-state index contributed by atoms with van der Waals surface area (Å²) in [5.41, 5.74) is 1.70. The molecule has 0 aliphatic heterocycles. The van der Waals surface area contributed by atoms with E-state index in [1.807, 2.05) is 31.2 Å². The molecule has 0 saturated carbocycles. The molecule has 3 rings (SSSR count). The van der Waals surface area contributed by atoms with E-state index in [4.69, 9.17) is 9.26 Å². The monoisotopic (exact) mass is 431 g/mol. The van der Waals surface area contributed by atoms with Crippen molar-refractivity contribution < 1.29 is 27.6 Å². The Kier molecular flexibility index (Phi) is 7.91. The van der Waals surface area contributed by atoms with E-state index in [-0.39, 0.29) is 18.1 Å². The van der Waals surface area contributed by atoms with E-state index < -0.39 is 6.61 Å². The zero-order valence-corrected chi connectivity index (χ0v) is 17.0. The van der Waals surface area contributed by atoms with Crippen LogP contribution in [0.25, 0.3) is 11.4 Å². The predicted molar refractivity (Wildman–Crippen MR) is 109 cm³/mol. The fourth-order valence-corrected chi connectivity index (χ4v) is 2.83. The molecule has 7 nitrogen and oxygen atoms in total. The number of benzene rings is 2. The first-order valence-electron chi connectivity index (χ1n) is 9.89. The third-order valence-electron chi connectivity index (χ3n) is 4.34. The molecule has 0 aliphatic rings. The van der Waals surface area contributed by atoms with E-state index in [2.05, 4.69) is 20.2 Å². The second kappa shape index (κ2) is 11.1. The van der Waals surface area contributed by atoms with E-state index in [1.165, 1.54) is 12.1 Å². The Morgan fingerprint density at radius 2 is 1.77 bits per heavy atom. The number of carbonyl (C=O) groups is 1. The van der Waals surface area contributed by atoms with Gasteiger partial charge in [0, 0.05) is 24.9 Å². The Labute approximate surface area is 178 Å². The number of carbonyl (C=O) groups excluding carboxylic acids is 1. The maximum absolute atomic E-state index is 12.1. The zero-order valence-electron chi connectivity index (χ0n) is 17.0. The summed E-state index contributed by atoms with van der Waals surface area (Å²) >= 11 is 0. The highest BCUT2D eigenvalue weighted by molar-refractivity contribution is 5.76. The summed E-state index contributed by atoms with van der Waals surface area (Å²) < 4.78 is 39.2. The first-order chi connectivity index (χ1) is 15.0. The maximum Gasteiger partial charge on any atom is 0.387 e. The fraction of sp³-hybridized carbons (Fsp3) is 0.318. The predicted octanol–water partition coefficient (Wildman–Crippen LogP) is 4.03. The lowest BCUT2D eigenvalue weighted by molar-refractivity contribution is -0.121. The van der Waals surface area contributed by atoms with E-state index in [9.17, 15) is 13.6 Å². The lowest BCUT2D eigenvalue weighted by Gasteiger charge is -2.07. The van der Waals surface area contributed by atoms with Crippen LogP contribution in [0.4, 0.5) is 8.78 Å². The first kappa shape index (κ1) is 22.2. The van der Waals surface area contributed by atoms with Gasteiger partial charge in [-0.15, -0.1) is 0 Å². The average Bonchev–Trinajstić information content (AvgIpc) is 3.23. The van der Waals surface area contributed by atoms with Gasteiger partial charge in [-0.25, -0.2) is 0 Å². The van der Waals surface area contributed by atoms with Gasteiger partial charge in [-0.05, 0) is 55.3 Å².